The fourth-order valence-corrected chi connectivity index (χ4v) is 2.02. The molecule has 0 aliphatic carbocycles. The number of benzene rings is 1. The van der Waals surface area contributed by atoms with E-state index in [-0.39, 0.29) is 17.7 Å². The van der Waals surface area contributed by atoms with Gasteiger partial charge in [-0.05, 0) is 13.0 Å². The summed E-state index contributed by atoms with van der Waals surface area (Å²) in [5, 5.41) is 13.5. The van der Waals surface area contributed by atoms with Gasteiger partial charge in [-0.15, -0.1) is 0 Å². The van der Waals surface area contributed by atoms with Crippen LogP contribution in [-0.2, 0) is 9.47 Å². The SMILES string of the molecule is Cc1c(C(=O)NC[C@H]2COCCO2)cccc1[N+](=O)[O-]. The first-order valence-electron chi connectivity index (χ1n) is 6.31. The van der Waals surface area contributed by atoms with E-state index in [0.717, 1.165) is 0 Å². The van der Waals surface area contributed by atoms with Crippen molar-refractivity contribution < 1.29 is 19.2 Å². The van der Waals surface area contributed by atoms with Gasteiger partial charge in [-0.25, -0.2) is 0 Å². The Morgan fingerprint density at radius 3 is 2.95 bits per heavy atom. The highest BCUT2D eigenvalue weighted by atomic mass is 16.6. The summed E-state index contributed by atoms with van der Waals surface area (Å²) in [5.74, 6) is -0.347. The predicted octanol–water partition coefficient (Wildman–Crippen LogP) is 1.05. The first-order valence-corrected chi connectivity index (χ1v) is 6.31. The summed E-state index contributed by atoms with van der Waals surface area (Å²) in [5.41, 5.74) is 0.599. The zero-order valence-electron chi connectivity index (χ0n) is 11.1. The van der Waals surface area contributed by atoms with Gasteiger partial charge in [0.2, 0.25) is 0 Å². The lowest BCUT2D eigenvalue weighted by atomic mass is 10.1. The Labute approximate surface area is 116 Å². The van der Waals surface area contributed by atoms with E-state index in [9.17, 15) is 14.9 Å². The first kappa shape index (κ1) is 14.4. The third-order valence-corrected chi connectivity index (χ3v) is 3.12. The summed E-state index contributed by atoms with van der Waals surface area (Å²) in [4.78, 5) is 22.4. The average molecular weight is 280 g/mol. The van der Waals surface area contributed by atoms with Crippen LogP contribution in [0, 0.1) is 17.0 Å². The van der Waals surface area contributed by atoms with Crippen molar-refractivity contribution in [3.63, 3.8) is 0 Å². The number of nitrogens with one attached hydrogen (secondary N) is 1. The predicted molar refractivity (Wildman–Crippen MR) is 70.7 cm³/mol. The van der Waals surface area contributed by atoms with Gasteiger partial charge in [-0.2, -0.15) is 0 Å². The first-order chi connectivity index (χ1) is 9.59. The highest BCUT2D eigenvalue weighted by Crippen LogP contribution is 2.20. The molecule has 0 unspecified atom stereocenters. The second kappa shape index (κ2) is 6.44. The van der Waals surface area contributed by atoms with E-state index in [2.05, 4.69) is 5.32 Å². The highest BCUT2D eigenvalue weighted by molar-refractivity contribution is 5.96. The molecule has 1 atom stereocenters. The Morgan fingerprint density at radius 1 is 1.50 bits per heavy atom. The normalized spacial score (nSPS) is 18.6. The fraction of sp³-hybridized carbons (Fsp3) is 0.462. The van der Waals surface area contributed by atoms with E-state index in [1.165, 1.54) is 12.1 Å². The molecule has 0 spiro atoms. The van der Waals surface area contributed by atoms with Crippen molar-refractivity contribution in [1.29, 1.82) is 0 Å². The van der Waals surface area contributed by atoms with Crippen LogP contribution in [-0.4, -0.2) is 43.3 Å². The molecule has 0 aromatic heterocycles. The van der Waals surface area contributed by atoms with E-state index < -0.39 is 4.92 Å². The smallest absolute Gasteiger partial charge is 0.273 e. The number of amides is 1. The van der Waals surface area contributed by atoms with Crippen LogP contribution >= 0.6 is 0 Å². The van der Waals surface area contributed by atoms with Crippen molar-refractivity contribution in [2.75, 3.05) is 26.4 Å². The molecular weight excluding hydrogens is 264 g/mol. The number of hydrogen-bond acceptors (Lipinski definition) is 5. The lowest BCUT2D eigenvalue weighted by Crippen LogP contribution is -2.39. The minimum atomic E-state index is -0.496. The van der Waals surface area contributed by atoms with Crippen LogP contribution in [0.25, 0.3) is 0 Å². The quantitative estimate of drug-likeness (QED) is 0.657. The number of nitro groups is 1. The van der Waals surface area contributed by atoms with E-state index >= 15 is 0 Å². The van der Waals surface area contributed by atoms with Gasteiger partial charge in [-0.3, -0.25) is 14.9 Å². The molecule has 1 aromatic carbocycles. The molecule has 7 nitrogen and oxygen atoms in total. The Bertz CT molecular complexity index is 511. The maximum Gasteiger partial charge on any atom is 0.273 e. The van der Waals surface area contributed by atoms with Gasteiger partial charge >= 0.3 is 0 Å². The number of nitro benzene ring substituents is 1. The van der Waals surface area contributed by atoms with Crippen LogP contribution in [0.2, 0.25) is 0 Å². The molecule has 2 rings (SSSR count). The van der Waals surface area contributed by atoms with E-state index in [0.29, 0.717) is 37.5 Å². The monoisotopic (exact) mass is 280 g/mol. The number of hydrogen-bond donors (Lipinski definition) is 1. The molecule has 1 aliphatic heterocycles. The Morgan fingerprint density at radius 2 is 2.30 bits per heavy atom. The van der Waals surface area contributed by atoms with Gasteiger partial charge < -0.3 is 14.8 Å². The van der Waals surface area contributed by atoms with E-state index in [1.807, 2.05) is 0 Å². The Balaban J connectivity index is 2.01. The molecule has 20 heavy (non-hydrogen) atoms. The van der Waals surface area contributed by atoms with Crippen molar-refractivity contribution in [2.24, 2.45) is 0 Å². The number of carbonyl (C=O) groups excluding carboxylic acids is 1. The van der Waals surface area contributed by atoms with Crippen LogP contribution in [0.3, 0.4) is 0 Å². The van der Waals surface area contributed by atoms with Crippen molar-refractivity contribution in [2.45, 2.75) is 13.0 Å². The molecule has 0 radical (unpaired) electrons. The third kappa shape index (κ3) is 3.31. The average Bonchev–Trinajstić information content (AvgIpc) is 2.46. The van der Waals surface area contributed by atoms with Gasteiger partial charge in [0.1, 0.15) is 0 Å². The minimum absolute atomic E-state index is 0.0603. The molecule has 1 saturated heterocycles. The van der Waals surface area contributed by atoms with Crippen LogP contribution in [0.1, 0.15) is 15.9 Å². The minimum Gasteiger partial charge on any atom is -0.376 e. The second-order valence-corrected chi connectivity index (χ2v) is 4.48. The van der Waals surface area contributed by atoms with Crippen molar-refractivity contribution in [1.82, 2.24) is 5.32 Å². The lowest BCUT2D eigenvalue weighted by Gasteiger charge is -2.23. The Kier molecular flexibility index (Phi) is 4.65. The van der Waals surface area contributed by atoms with Gasteiger partial charge in [0.05, 0.1) is 30.8 Å². The standard InChI is InChI=1S/C13H16N2O5/c1-9-11(3-2-4-12(9)15(17)18)13(16)14-7-10-8-19-5-6-20-10/h2-4,10H,5-8H2,1H3,(H,14,16)/t10-/m0/s1. The summed E-state index contributed by atoms with van der Waals surface area (Å²) in [6.45, 7) is 3.40. The number of nitrogens with zero attached hydrogens (tertiary/aromatic N) is 1. The molecular formula is C13H16N2O5. The molecule has 7 heteroatoms. The van der Waals surface area contributed by atoms with Gasteiger partial charge in [0.25, 0.3) is 11.6 Å². The third-order valence-electron chi connectivity index (χ3n) is 3.12. The molecule has 0 saturated carbocycles. The zero-order valence-corrected chi connectivity index (χ0v) is 11.1. The number of ether oxygens (including phenoxy) is 2. The van der Waals surface area contributed by atoms with Crippen molar-refractivity contribution in [3.05, 3.63) is 39.4 Å². The van der Waals surface area contributed by atoms with Gasteiger partial charge in [0.15, 0.2) is 0 Å². The molecule has 1 aromatic rings. The molecule has 108 valence electrons. The van der Waals surface area contributed by atoms with E-state index in [4.69, 9.17) is 9.47 Å². The maximum atomic E-state index is 12.1. The number of carbonyl (C=O) groups is 1. The lowest BCUT2D eigenvalue weighted by molar-refractivity contribution is -0.385. The summed E-state index contributed by atoms with van der Waals surface area (Å²) in [6.07, 6.45) is -0.174. The molecule has 1 fully saturated rings. The van der Waals surface area contributed by atoms with Gasteiger partial charge in [-0.1, -0.05) is 6.07 Å². The topological polar surface area (TPSA) is 90.7 Å². The largest absolute Gasteiger partial charge is 0.376 e. The molecule has 1 amide bonds. The van der Waals surface area contributed by atoms with Crippen LogP contribution in [0.4, 0.5) is 5.69 Å². The summed E-state index contributed by atoms with van der Waals surface area (Å²) in [7, 11) is 0. The molecule has 1 aliphatic rings. The maximum absolute atomic E-state index is 12.1. The van der Waals surface area contributed by atoms with Crippen molar-refractivity contribution in [3.8, 4) is 0 Å². The van der Waals surface area contributed by atoms with Crippen molar-refractivity contribution >= 4 is 11.6 Å². The van der Waals surface area contributed by atoms with Crippen LogP contribution in [0.15, 0.2) is 18.2 Å². The van der Waals surface area contributed by atoms with Crippen LogP contribution in [0.5, 0.6) is 0 Å². The molecule has 0 bridgehead atoms. The molecule has 1 heterocycles. The second-order valence-electron chi connectivity index (χ2n) is 4.48. The van der Waals surface area contributed by atoms with E-state index in [1.54, 1.807) is 13.0 Å². The Hall–Kier alpha value is -1.99. The fourth-order valence-electron chi connectivity index (χ4n) is 2.02. The van der Waals surface area contributed by atoms with Crippen LogP contribution < -0.4 is 5.32 Å². The number of rotatable bonds is 4. The highest BCUT2D eigenvalue weighted by Gasteiger charge is 2.20. The summed E-state index contributed by atoms with van der Waals surface area (Å²) >= 11 is 0. The zero-order chi connectivity index (χ0) is 14.5. The van der Waals surface area contributed by atoms with Gasteiger partial charge in [0, 0.05) is 23.7 Å². The summed E-state index contributed by atoms with van der Waals surface area (Å²) < 4.78 is 10.6. The molecule has 1 N–H and O–H groups in total. The summed E-state index contributed by atoms with van der Waals surface area (Å²) in [6, 6.07) is 4.44.